The van der Waals surface area contributed by atoms with Gasteiger partial charge >= 0.3 is 0 Å². The number of benzene rings is 1. The number of piperidine rings is 1. The molecule has 1 aliphatic rings. The number of pyridine rings is 1. The first-order valence-electron chi connectivity index (χ1n) is 10.4. The normalized spacial score (nSPS) is 18.1. The molecule has 31 heavy (non-hydrogen) atoms. The van der Waals surface area contributed by atoms with E-state index in [1.165, 1.54) is 6.07 Å². The van der Waals surface area contributed by atoms with Crippen molar-refractivity contribution in [2.24, 2.45) is 0 Å². The summed E-state index contributed by atoms with van der Waals surface area (Å²) < 4.78 is 0. The minimum absolute atomic E-state index is 0.0645. The number of rotatable bonds is 4. The summed E-state index contributed by atoms with van der Waals surface area (Å²) in [6, 6.07) is 9.51. The molecular formula is C23H28ClN5OS. The number of nitrogens with one attached hydrogen (secondary N) is 2. The van der Waals surface area contributed by atoms with Crippen molar-refractivity contribution in [3.05, 3.63) is 51.9 Å². The van der Waals surface area contributed by atoms with Crippen LogP contribution in [0.5, 0.6) is 0 Å². The van der Waals surface area contributed by atoms with Crippen LogP contribution in [0.25, 0.3) is 21.7 Å². The van der Waals surface area contributed by atoms with E-state index >= 15 is 0 Å². The maximum atomic E-state index is 11.3. The van der Waals surface area contributed by atoms with Gasteiger partial charge in [-0.1, -0.05) is 29.0 Å². The number of hydrogen-bond acceptors (Lipinski definition) is 6. The van der Waals surface area contributed by atoms with E-state index in [1.54, 1.807) is 23.6 Å². The third-order valence-corrected chi connectivity index (χ3v) is 7.11. The third kappa shape index (κ3) is 4.84. The highest BCUT2D eigenvalue weighted by Gasteiger charge is 2.39. The van der Waals surface area contributed by atoms with Gasteiger partial charge in [0.1, 0.15) is 0 Å². The number of nitrogens with zero attached hydrogens (tertiary/aromatic N) is 3. The summed E-state index contributed by atoms with van der Waals surface area (Å²) in [6.07, 6.45) is 3.76. The van der Waals surface area contributed by atoms with Gasteiger partial charge in [-0.25, -0.2) is 0 Å². The molecule has 1 saturated heterocycles. The quantitative estimate of drug-likeness (QED) is 0.579. The van der Waals surface area contributed by atoms with E-state index in [9.17, 15) is 4.79 Å². The average Bonchev–Trinajstić information content (AvgIpc) is 3.15. The van der Waals surface area contributed by atoms with Crippen LogP contribution in [0.2, 0.25) is 5.02 Å². The lowest BCUT2D eigenvalue weighted by Crippen LogP contribution is -2.61. The van der Waals surface area contributed by atoms with Crippen molar-refractivity contribution in [3.8, 4) is 21.7 Å². The maximum Gasteiger partial charge on any atom is 0.247 e. The van der Waals surface area contributed by atoms with Crippen LogP contribution in [0, 0.1) is 0 Å². The zero-order valence-corrected chi connectivity index (χ0v) is 20.1. The molecule has 0 aliphatic carbocycles. The minimum atomic E-state index is -0.127. The number of aromatic nitrogens is 3. The molecule has 0 unspecified atom stereocenters. The Bertz CT molecular complexity index is 1120. The summed E-state index contributed by atoms with van der Waals surface area (Å²) in [6.45, 7) is 9.02. The average molecular weight is 458 g/mol. The standard InChI is InChI=1S/C23H28ClN5OS/c1-22(2)11-16(12-23(3,4)28-22)29(5)21-27-26-20(31-21)17-8-6-14(10-18(17)24)15-7-9-19(30)25-13-15/h6-10,13,16,28H,11-12H2,1-5H3,(H,25,30). The molecule has 6 nitrogen and oxygen atoms in total. The predicted molar refractivity (Wildman–Crippen MR) is 129 cm³/mol. The number of hydrogen-bond donors (Lipinski definition) is 2. The molecule has 1 fully saturated rings. The summed E-state index contributed by atoms with van der Waals surface area (Å²) >= 11 is 8.16. The third-order valence-electron chi connectivity index (χ3n) is 5.75. The molecule has 1 aliphatic heterocycles. The predicted octanol–water partition coefficient (Wildman–Crippen LogP) is 4.96. The van der Waals surface area contributed by atoms with Gasteiger partial charge in [-0.05, 0) is 69.9 Å². The van der Waals surface area contributed by atoms with E-state index in [4.69, 9.17) is 11.6 Å². The van der Waals surface area contributed by atoms with Gasteiger partial charge in [0.25, 0.3) is 0 Å². The van der Waals surface area contributed by atoms with Crippen molar-refractivity contribution in [3.63, 3.8) is 0 Å². The van der Waals surface area contributed by atoms with Crippen LogP contribution in [0.1, 0.15) is 40.5 Å². The number of halogens is 1. The second kappa shape index (κ2) is 8.04. The van der Waals surface area contributed by atoms with E-state index in [0.29, 0.717) is 11.1 Å². The Morgan fingerprint density at radius 2 is 1.74 bits per heavy atom. The van der Waals surface area contributed by atoms with E-state index < -0.39 is 0 Å². The number of H-pyrrole nitrogens is 1. The largest absolute Gasteiger partial charge is 0.347 e. The first-order chi connectivity index (χ1) is 14.5. The molecule has 0 saturated carbocycles. The Labute approximate surface area is 191 Å². The van der Waals surface area contributed by atoms with Gasteiger partial charge in [0.05, 0.1) is 5.02 Å². The van der Waals surface area contributed by atoms with Crippen LogP contribution >= 0.6 is 22.9 Å². The van der Waals surface area contributed by atoms with Gasteiger partial charge in [-0.3, -0.25) is 4.79 Å². The Balaban J connectivity index is 1.57. The van der Waals surface area contributed by atoms with Gasteiger partial charge in [-0.2, -0.15) is 0 Å². The van der Waals surface area contributed by atoms with Crippen molar-refractivity contribution < 1.29 is 0 Å². The fraction of sp³-hybridized carbons (Fsp3) is 0.435. The molecule has 0 atom stereocenters. The fourth-order valence-corrected chi connectivity index (χ4v) is 5.87. The molecule has 2 N–H and O–H groups in total. The summed E-state index contributed by atoms with van der Waals surface area (Å²) in [5, 5.41) is 14.9. The highest BCUT2D eigenvalue weighted by atomic mass is 35.5. The summed E-state index contributed by atoms with van der Waals surface area (Å²) in [5.41, 5.74) is 2.70. The molecule has 4 rings (SSSR count). The van der Waals surface area contributed by atoms with E-state index in [-0.39, 0.29) is 16.6 Å². The molecule has 0 radical (unpaired) electrons. The first kappa shape index (κ1) is 22.0. The fourth-order valence-electron chi connectivity index (χ4n) is 4.62. The van der Waals surface area contributed by atoms with E-state index in [2.05, 4.69) is 60.1 Å². The smallest absolute Gasteiger partial charge is 0.247 e. The summed E-state index contributed by atoms with van der Waals surface area (Å²) in [4.78, 5) is 16.3. The van der Waals surface area contributed by atoms with E-state index in [0.717, 1.165) is 39.7 Å². The second-order valence-electron chi connectivity index (χ2n) is 9.59. The van der Waals surface area contributed by atoms with Crippen molar-refractivity contribution in [2.75, 3.05) is 11.9 Å². The van der Waals surface area contributed by atoms with Crippen LogP contribution < -0.4 is 15.8 Å². The van der Waals surface area contributed by atoms with Crippen LogP contribution in [-0.4, -0.2) is 39.3 Å². The van der Waals surface area contributed by atoms with Gasteiger partial charge in [-0.15, -0.1) is 10.2 Å². The Morgan fingerprint density at radius 3 is 2.35 bits per heavy atom. The Morgan fingerprint density at radius 1 is 1.06 bits per heavy atom. The molecule has 3 heterocycles. The monoisotopic (exact) mass is 457 g/mol. The minimum Gasteiger partial charge on any atom is -0.347 e. The molecule has 8 heteroatoms. The Kier molecular flexibility index (Phi) is 5.70. The summed E-state index contributed by atoms with van der Waals surface area (Å²) in [5.74, 6) is 0. The first-order valence-corrected chi connectivity index (χ1v) is 11.6. The molecule has 0 amide bonds. The second-order valence-corrected chi connectivity index (χ2v) is 11.0. The molecule has 0 bridgehead atoms. The van der Waals surface area contributed by atoms with Gasteiger partial charge < -0.3 is 15.2 Å². The van der Waals surface area contributed by atoms with Crippen LogP contribution in [0.3, 0.4) is 0 Å². The molecule has 3 aromatic rings. The lowest BCUT2D eigenvalue weighted by atomic mass is 9.79. The molecular weight excluding hydrogens is 430 g/mol. The maximum absolute atomic E-state index is 11.3. The van der Waals surface area contributed by atoms with Crippen molar-refractivity contribution >= 4 is 28.1 Å². The van der Waals surface area contributed by atoms with Crippen molar-refractivity contribution in [1.82, 2.24) is 20.5 Å². The number of aromatic amines is 1. The van der Waals surface area contributed by atoms with Gasteiger partial charge in [0, 0.05) is 42.0 Å². The highest BCUT2D eigenvalue weighted by molar-refractivity contribution is 7.18. The van der Waals surface area contributed by atoms with Crippen LogP contribution in [0.4, 0.5) is 5.13 Å². The molecule has 164 valence electrons. The zero-order chi connectivity index (χ0) is 22.4. The van der Waals surface area contributed by atoms with Crippen molar-refractivity contribution in [1.29, 1.82) is 0 Å². The number of anilines is 1. The molecule has 1 aromatic carbocycles. The van der Waals surface area contributed by atoms with Gasteiger partial charge in [0.15, 0.2) is 5.01 Å². The summed E-state index contributed by atoms with van der Waals surface area (Å²) in [7, 11) is 2.10. The van der Waals surface area contributed by atoms with Crippen LogP contribution in [0.15, 0.2) is 41.3 Å². The van der Waals surface area contributed by atoms with E-state index in [1.807, 2.05) is 18.2 Å². The van der Waals surface area contributed by atoms with Crippen molar-refractivity contribution in [2.45, 2.75) is 57.7 Å². The lowest BCUT2D eigenvalue weighted by Gasteiger charge is -2.48. The molecule has 2 aromatic heterocycles. The topological polar surface area (TPSA) is 73.9 Å². The highest BCUT2D eigenvalue weighted by Crippen LogP contribution is 2.38. The van der Waals surface area contributed by atoms with Crippen LogP contribution in [-0.2, 0) is 0 Å². The zero-order valence-electron chi connectivity index (χ0n) is 18.5. The lowest BCUT2D eigenvalue weighted by molar-refractivity contribution is 0.161. The SMILES string of the molecule is CN(c1nnc(-c2ccc(-c3ccc(=O)[nH]c3)cc2Cl)s1)C1CC(C)(C)NC(C)(C)C1. The molecule has 0 spiro atoms. The van der Waals surface area contributed by atoms with Gasteiger partial charge in [0.2, 0.25) is 10.7 Å². The Hall–Kier alpha value is -2.22.